The van der Waals surface area contributed by atoms with E-state index in [0.717, 1.165) is 30.9 Å². The minimum Gasteiger partial charge on any atom is -0.452 e. The van der Waals surface area contributed by atoms with Crippen molar-refractivity contribution in [1.29, 1.82) is 0 Å². The molecule has 0 aromatic carbocycles. The smallest absolute Gasteiger partial charge is 0.425 e. The standard InChI is InChI=1S/C9H20N4O2/c1-15-9(14)13(11)7-12-4-2-3-8(5-10)6-12/h8H,2-7,10-11H2,1H3/t8-/m0/s1. The molecule has 0 bridgehead atoms. The van der Waals surface area contributed by atoms with Crippen LogP contribution in [0.4, 0.5) is 4.79 Å². The van der Waals surface area contributed by atoms with E-state index in [-0.39, 0.29) is 0 Å². The number of amides is 1. The van der Waals surface area contributed by atoms with Crippen molar-refractivity contribution < 1.29 is 9.53 Å². The number of piperidine rings is 1. The van der Waals surface area contributed by atoms with Gasteiger partial charge in [-0.2, -0.15) is 0 Å². The van der Waals surface area contributed by atoms with Gasteiger partial charge in [-0.1, -0.05) is 0 Å². The van der Waals surface area contributed by atoms with E-state index in [9.17, 15) is 4.79 Å². The quantitative estimate of drug-likeness (QED) is 0.379. The molecule has 1 atom stereocenters. The van der Waals surface area contributed by atoms with Crippen LogP contribution in [0, 0.1) is 5.92 Å². The van der Waals surface area contributed by atoms with Gasteiger partial charge in [0.25, 0.3) is 0 Å². The van der Waals surface area contributed by atoms with Crippen LogP contribution in [0.3, 0.4) is 0 Å². The lowest BCUT2D eigenvalue weighted by Crippen LogP contribution is -2.49. The van der Waals surface area contributed by atoms with Gasteiger partial charge in [0, 0.05) is 6.54 Å². The summed E-state index contributed by atoms with van der Waals surface area (Å²) in [5.41, 5.74) is 5.62. The summed E-state index contributed by atoms with van der Waals surface area (Å²) in [6, 6.07) is 0. The number of hydrogen-bond acceptors (Lipinski definition) is 5. The molecule has 0 aromatic rings. The highest BCUT2D eigenvalue weighted by Crippen LogP contribution is 2.14. The fourth-order valence-electron chi connectivity index (χ4n) is 1.86. The van der Waals surface area contributed by atoms with Crippen molar-refractivity contribution in [1.82, 2.24) is 9.91 Å². The van der Waals surface area contributed by atoms with E-state index in [1.54, 1.807) is 0 Å². The summed E-state index contributed by atoms with van der Waals surface area (Å²) in [5, 5.41) is 1.08. The molecule has 0 saturated carbocycles. The molecule has 1 saturated heterocycles. The second-order valence-corrected chi connectivity index (χ2v) is 3.90. The maximum Gasteiger partial charge on any atom is 0.425 e. The molecule has 1 heterocycles. The van der Waals surface area contributed by atoms with Gasteiger partial charge in [-0.25, -0.2) is 15.6 Å². The zero-order valence-electron chi connectivity index (χ0n) is 9.19. The Morgan fingerprint density at radius 1 is 1.67 bits per heavy atom. The Labute approximate surface area is 90.1 Å². The molecular weight excluding hydrogens is 196 g/mol. The number of likely N-dealkylation sites (tertiary alicyclic amines) is 1. The lowest BCUT2D eigenvalue weighted by Gasteiger charge is -2.33. The number of carbonyl (C=O) groups excluding carboxylic acids is 1. The molecule has 88 valence electrons. The van der Waals surface area contributed by atoms with Crippen molar-refractivity contribution in [3.63, 3.8) is 0 Å². The number of hydrazine groups is 1. The summed E-state index contributed by atoms with van der Waals surface area (Å²) in [5.74, 6) is 6.05. The van der Waals surface area contributed by atoms with Crippen LogP contribution < -0.4 is 11.6 Å². The van der Waals surface area contributed by atoms with Gasteiger partial charge in [-0.05, 0) is 31.8 Å². The Morgan fingerprint density at radius 3 is 3.00 bits per heavy atom. The predicted molar refractivity (Wildman–Crippen MR) is 56.6 cm³/mol. The highest BCUT2D eigenvalue weighted by molar-refractivity contribution is 5.66. The Balaban J connectivity index is 2.34. The van der Waals surface area contributed by atoms with Gasteiger partial charge < -0.3 is 10.5 Å². The second-order valence-electron chi connectivity index (χ2n) is 3.90. The molecule has 0 unspecified atom stereocenters. The molecule has 0 aliphatic carbocycles. The molecule has 1 aliphatic heterocycles. The lowest BCUT2D eigenvalue weighted by atomic mass is 9.99. The van der Waals surface area contributed by atoms with Crippen molar-refractivity contribution in [2.45, 2.75) is 12.8 Å². The van der Waals surface area contributed by atoms with Crippen LogP contribution in [0.15, 0.2) is 0 Å². The molecule has 0 aromatic heterocycles. The first-order chi connectivity index (χ1) is 7.17. The van der Waals surface area contributed by atoms with Crippen molar-refractivity contribution in [2.75, 3.05) is 33.4 Å². The third-order valence-corrected chi connectivity index (χ3v) is 2.70. The maximum absolute atomic E-state index is 11.1. The van der Waals surface area contributed by atoms with Crippen LogP contribution in [-0.2, 0) is 4.74 Å². The first-order valence-corrected chi connectivity index (χ1v) is 5.20. The molecule has 1 fully saturated rings. The molecular formula is C9H20N4O2. The second kappa shape index (κ2) is 5.89. The maximum atomic E-state index is 11.1. The van der Waals surface area contributed by atoms with E-state index in [4.69, 9.17) is 11.6 Å². The largest absolute Gasteiger partial charge is 0.452 e. The van der Waals surface area contributed by atoms with Gasteiger partial charge in [0.2, 0.25) is 0 Å². The van der Waals surface area contributed by atoms with E-state index in [1.165, 1.54) is 7.11 Å². The Hall–Kier alpha value is -0.850. The van der Waals surface area contributed by atoms with Crippen molar-refractivity contribution in [3.8, 4) is 0 Å². The van der Waals surface area contributed by atoms with Crippen molar-refractivity contribution in [3.05, 3.63) is 0 Å². The Morgan fingerprint density at radius 2 is 2.40 bits per heavy atom. The van der Waals surface area contributed by atoms with Crippen LogP contribution in [-0.4, -0.2) is 49.4 Å². The molecule has 1 rings (SSSR count). The van der Waals surface area contributed by atoms with E-state index < -0.39 is 6.09 Å². The number of nitrogens with zero attached hydrogens (tertiary/aromatic N) is 2. The van der Waals surface area contributed by atoms with E-state index >= 15 is 0 Å². The molecule has 6 nitrogen and oxygen atoms in total. The number of ether oxygens (including phenoxy) is 1. The summed E-state index contributed by atoms with van der Waals surface area (Å²) in [6.07, 6.45) is 1.76. The molecule has 0 spiro atoms. The van der Waals surface area contributed by atoms with Gasteiger partial charge in [-0.3, -0.25) is 4.90 Å². The van der Waals surface area contributed by atoms with Gasteiger partial charge in [0.15, 0.2) is 0 Å². The van der Waals surface area contributed by atoms with E-state index in [1.807, 2.05) is 0 Å². The molecule has 1 aliphatic rings. The average molecular weight is 216 g/mol. The monoisotopic (exact) mass is 216 g/mol. The zero-order valence-corrected chi connectivity index (χ0v) is 9.19. The van der Waals surface area contributed by atoms with Crippen molar-refractivity contribution in [2.24, 2.45) is 17.5 Å². The Kier molecular flexibility index (Phi) is 4.80. The molecule has 1 amide bonds. The fourth-order valence-corrected chi connectivity index (χ4v) is 1.86. The highest BCUT2D eigenvalue weighted by Gasteiger charge is 2.21. The van der Waals surface area contributed by atoms with Crippen LogP contribution in [0.25, 0.3) is 0 Å². The van der Waals surface area contributed by atoms with Crippen LogP contribution in [0.1, 0.15) is 12.8 Å². The van der Waals surface area contributed by atoms with Gasteiger partial charge in [0.1, 0.15) is 0 Å². The minimum absolute atomic E-state index is 0.406. The summed E-state index contributed by atoms with van der Waals surface area (Å²) >= 11 is 0. The summed E-state index contributed by atoms with van der Waals surface area (Å²) in [6.45, 7) is 2.96. The van der Waals surface area contributed by atoms with Crippen LogP contribution >= 0.6 is 0 Å². The molecule has 15 heavy (non-hydrogen) atoms. The van der Waals surface area contributed by atoms with E-state index in [2.05, 4.69) is 9.64 Å². The number of hydrogen-bond donors (Lipinski definition) is 2. The summed E-state index contributed by atoms with van der Waals surface area (Å²) < 4.78 is 4.52. The van der Waals surface area contributed by atoms with Gasteiger partial charge >= 0.3 is 6.09 Å². The average Bonchev–Trinajstić information content (AvgIpc) is 2.28. The zero-order chi connectivity index (χ0) is 11.3. The number of methoxy groups -OCH3 is 1. The molecule has 4 N–H and O–H groups in total. The number of rotatable bonds is 3. The first kappa shape index (κ1) is 12.2. The highest BCUT2D eigenvalue weighted by atomic mass is 16.5. The van der Waals surface area contributed by atoms with Gasteiger partial charge in [0.05, 0.1) is 13.8 Å². The van der Waals surface area contributed by atoms with Gasteiger partial charge in [-0.15, -0.1) is 0 Å². The molecule has 6 heteroatoms. The SMILES string of the molecule is COC(=O)N(N)CN1CCC[C@@H](CN)C1. The minimum atomic E-state index is -0.509. The first-order valence-electron chi connectivity index (χ1n) is 5.20. The molecule has 0 radical (unpaired) electrons. The van der Waals surface area contributed by atoms with Crippen LogP contribution in [0.5, 0.6) is 0 Å². The summed E-state index contributed by atoms with van der Waals surface area (Å²) in [7, 11) is 1.32. The Bertz CT molecular complexity index is 212. The normalized spacial score (nSPS) is 22.5. The van der Waals surface area contributed by atoms with Crippen LogP contribution in [0.2, 0.25) is 0 Å². The third kappa shape index (κ3) is 3.65. The van der Waals surface area contributed by atoms with Crippen molar-refractivity contribution >= 4 is 6.09 Å². The fraction of sp³-hybridized carbons (Fsp3) is 0.889. The summed E-state index contributed by atoms with van der Waals surface area (Å²) in [4.78, 5) is 13.2. The number of nitrogens with two attached hydrogens (primary N) is 2. The van der Waals surface area contributed by atoms with E-state index in [0.29, 0.717) is 19.1 Å². The topological polar surface area (TPSA) is 84.8 Å². The predicted octanol–water partition coefficient (Wildman–Crippen LogP) is -0.443. The number of carbonyl (C=O) groups is 1. The lowest BCUT2D eigenvalue weighted by molar-refractivity contribution is 0.0707. The third-order valence-electron chi connectivity index (χ3n) is 2.70.